The van der Waals surface area contributed by atoms with Crippen LogP contribution in [-0.4, -0.2) is 82.0 Å². The molecule has 0 saturated carbocycles. The van der Waals surface area contributed by atoms with Crippen molar-refractivity contribution in [3.8, 4) is 6.01 Å². The van der Waals surface area contributed by atoms with Gasteiger partial charge in [-0.3, -0.25) is 4.90 Å². The van der Waals surface area contributed by atoms with E-state index in [1.54, 1.807) is 20.8 Å². The smallest absolute Gasteiger partial charge is 0.417 e. The number of carbonyl (C=O) groups excluding carboxylic acids is 1. The number of hydrogen-bond donors (Lipinski definition) is 1. The molecular weight excluding hydrogens is 605 g/mol. The number of nitrogens with zero attached hydrogens (tertiary/aromatic N) is 4. The fourth-order valence-electron chi connectivity index (χ4n) is 5.77. The summed E-state index contributed by atoms with van der Waals surface area (Å²) in [7, 11) is 0. The molecule has 0 bridgehead atoms. The van der Waals surface area contributed by atoms with Crippen LogP contribution >= 0.6 is 15.9 Å². The zero-order valence-corrected chi connectivity index (χ0v) is 24.0. The van der Waals surface area contributed by atoms with Gasteiger partial charge < -0.3 is 19.7 Å². The molecule has 3 atom stereocenters. The van der Waals surface area contributed by atoms with Crippen LogP contribution in [0.25, 0.3) is 10.9 Å². The van der Waals surface area contributed by atoms with Crippen molar-refractivity contribution < 1.29 is 36.2 Å². The average Bonchev–Trinajstić information content (AvgIpc) is 3.53. The number of halogens is 6. The Hall–Kier alpha value is -2.48. The van der Waals surface area contributed by atoms with E-state index >= 15 is 4.39 Å². The van der Waals surface area contributed by atoms with Gasteiger partial charge in [0, 0.05) is 37.5 Å². The molecule has 0 radical (unpaired) electrons. The number of rotatable bonds is 5. The number of amides is 1. The minimum atomic E-state index is -4.84. The SMILES string of the molecule is CC(C)(C)OC(=O)N1CC[C@@H](Nc2nc(OC[C@@]34CCCN3C[C@H](F)C4)nc3c(F)c(Br)c(C(F)(F)F)cc23)C1. The molecule has 1 aromatic heterocycles. The van der Waals surface area contributed by atoms with Gasteiger partial charge in [-0.2, -0.15) is 23.1 Å². The quantitative estimate of drug-likeness (QED) is 0.408. The van der Waals surface area contributed by atoms with Crippen molar-refractivity contribution in [2.24, 2.45) is 0 Å². The number of anilines is 1. The zero-order valence-electron chi connectivity index (χ0n) is 22.4. The van der Waals surface area contributed by atoms with Crippen molar-refractivity contribution in [1.29, 1.82) is 0 Å². The van der Waals surface area contributed by atoms with Crippen molar-refractivity contribution in [3.05, 3.63) is 21.9 Å². The summed E-state index contributed by atoms with van der Waals surface area (Å²) in [6, 6.07) is 0.161. The van der Waals surface area contributed by atoms with Crippen LogP contribution in [0.2, 0.25) is 0 Å². The van der Waals surface area contributed by atoms with Gasteiger partial charge in [0.25, 0.3) is 0 Å². The highest BCUT2D eigenvalue weighted by atomic mass is 79.9. The van der Waals surface area contributed by atoms with E-state index in [9.17, 15) is 22.4 Å². The van der Waals surface area contributed by atoms with E-state index in [2.05, 4.69) is 31.2 Å². The molecule has 3 fully saturated rings. The van der Waals surface area contributed by atoms with Gasteiger partial charge in [0.2, 0.25) is 0 Å². The number of aromatic nitrogens is 2. The van der Waals surface area contributed by atoms with Crippen LogP contribution in [-0.2, 0) is 10.9 Å². The maximum absolute atomic E-state index is 15.3. The van der Waals surface area contributed by atoms with Crippen LogP contribution in [0.15, 0.2) is 10.5 Å². The molecule has 8 nitrogen and oxygen atoms in total. The Bertz CT molecular complexity index is 1310. The predicted molar refractivity (Wildman–Crippen MR) is 141 cm³/mol. The van der Waals surface area contributed by atoms with E-state index in [4.69, 9.17) is 9.47 Å². The first-order valence-electron chi connectivity index (χ1n) is 13.2. The molecule has 1 amide bonds. The minimum absolute atomic E-state index is 0.0523. The van der Waals surface area contributed by atoms with E-state index in [0.29, 0.717) is 25.9 Å². The van der Waals surface area contributed by atoms with Crippen LogP contribution in [0.1, 0.15) is 52.0 Å². The van der Waals surface area contributed by atoms with Gasteiger partial charge in [-0.1, -0.05) is 0 Å². The Labute approximate surface area is 236 Å². The van der Waals surface area contributed by atoms with E-state index in [1.165, 1.54) is 4.90 Å². The second kappa shape index (κ2) is 10.4. The van der Waals surface area contributed by atoms with Crippen molar-refractivity contribution in [2.75, 3.05) is 38.1 Å². The van der Waals surface area contributed by atoms with Crippen molar-refractivity contribution in [1.82, 2.24) is 19.8 Å². The molecule has 1 aromatic carbocycles. The third kappa shape index (κ3) is 5.79. The minimum Gasteiger partial charge on any atom is -0.461 e. The molecule has 5 rings (SSSR count). The number of fused-ring (bicyclic) bond motifs is 2. The highest BCUT2D eigenvalue weighted by Crippen LogP contribution is 2.42. The Balaban J connectivity index is 1.46. The summed E-state index contributed by atoms with van der Waals surface area (Å²) in [5, 5.41) is 2.90. The third-order valence-corrected chi connectivity index (χ3v) is 8.34. The molecule has 0 unspecified atom stereocenters. The molecule has 3 aliphatic heterocycles. The summed E-state index contributed by atoms with van der Waals surface area (Å²) in [6.07, 6.45) is -3.96. The largest absolute Gasteiger partial charge is 0.461 e. The number of ether oxygens (including phenoxy) is 2. The highest BCUT2D eigenvalue weighted by molar-refractivity contribution is 9.10. The lowest BCUT2D eigenvalue weighted by molar-refractivity contribution is -0.138. The molecule has 40 heavy (non-hydrogen) atoms. The maximum Gasteiger partial charge on any atom is 0.417 e. The number of benzene rings is 1. The Morgan fingerprint density at radius 3 is 2.67 bits per heavy atom. The van der Waals surface area contributed by atoms with E-state index in [0.717, 1.165) is 25.5 Å². The number of alkyl halides is 4. The molecule has 2 aromatic rings. The lowest BCUT2D eigenvalue weighted by Crippen LogP contribution is -2.43. The molecule has 220 valence electrons. The summed E-state index contributed by atoms with van der Waals surface area (Å²) in [5.41, 5.74) is -2.78. The molecule has 1 N–H and O–H groups in total. The normalized spacial score (nSPS) is 25.5. The van der Waals surface area contributed by atoms with Gasteiger partial charge in [0.05, 0.1) is 15.6 Å². The third-order valence-electron chi connectivity index (χ3n) is 7.57. The second-order valence-electron chi connectivity index (χ2n) is 11.7. The second-order valence-corrected chi connectivity index (χ2v) is 12.5. The van der Waals surface area contributed by atoms with Crippen LogP contribution in [0.4, 0.5) is 32.6 Å². The average molecular weight is 636 g/mol. The molecule has 3 aliphatic rings. The van der Waals surface area contributed by atoms with Gasteiger partial charge in [0.1, 0.15) is 29.7 Å². The van der Waals surface area contributed by atoms with Crippen LogP contribution < -0.4 is 10.1 Å². The first-order valence-corrected chi connectivity index (χ1v) is 14.0. The van der Waals surface area contributed by atoms with E-state index in [-0.39, 0.29) is 35.9 Å². The molecule has 0 spiro atoms. The lowest BCUT2D eigenvalue weighted by atomic mass is 9.95. The topological polar surface area (TPSA) is 79.8 Å². The Morgan fingerprint density at radius 2 is 1.98 bits per heavy atom. The molecule has 4 heterocycles. The van der Waals surface area contributed by atoms with Crippen LogP contribution in [0.3, 0.4) is 0 Å². The zero-order chi connectivity index (χ0) is 29.0. The van der Waals surface area contributed by atoms with Gasteiger partial charge in [-0.05, 0) is 68.6 Å². The maximum atomic E-state index is 15.3. The van der Waals surface area contributed by atoms with Crippen molar-refractivity contribution in [3.63, 3.8) is 0 Å². The first kappa shape index (κ1) is 29.0. The number of nitrogens with one attached hydrogen (secondary N) is 1. The lowest BCUT2D eigenvalue weighted by Gasteiger charge is -2.30. The standard InChI is InChI=1S/C26H31BrF5N5O3/c1-24(2,3)40-23(38)36-8-5-15(12-36)33-21-16-9-17(26(30,31)32)18(27)19(29)20(16)34-22(35-21)39-13-25-6-4-7-37(25)11-14(28)10-25/h9,14-15H,4-8,10-13H2,1-3H3,(H,33,34,35)/t14-,15-,25+/m1/s1. The molecule has 3 saturated heterocycles. The fourth-order valence-corrected chi connectivity index (χ4v) is 6.30. The summed E-state index contributed by atoms with van der Waals surface area (Å²) >= 11 is 2.73. The summed E-state index contributed by atoms with van der Waals surface area (Å²) in [6.45, 7) is 6.93. The van der Waals surface area contributed by atoms with Gasteiger partial charge in [-0.25, -0.2) is 13.6 Å². The predicted octanol–water partition coefficient (Wildman–Crippen LogP) is 5.93. The van der Waals surface area contributed by atoms with E-state index in [1.807, 2.05) is 4.90 Å². The Morgan fingerprint density at radius 1 is 1.23 bits per heavy atom. The van der Waals surface area contributed by atoms with Gasteiger partial charge in [0.15, 0.2) is 5.82 Å². The fraction of sp³-hybridized carbons (Fsp3) is 0.654. The number of hydrogen-bond acceptors (Lipinski definition) is 7. The molecule has 0 aliphatic carbocycles. The van der Waals surface area contributed by atoms with Crippen LogP contribution in [0.5, 0.6) is 6.01 Å². The number of carbonyl (C=O) groups is 1. The van der Waals surface area contributed by atoms with E-state index < -0.39 is 51.5 Å². The molecule has 14 heteroatoms. The van der Waals surface area contributed by atoms with Crippen molar-refractivity contribution in [2.45, 2.75) is 76.0 Å². The summed E-state index contributed by atoms with van der Waals surface area (Å²) < 4.78 is 81.3. The number of likely N-dealkylation sites (tertiary alicyclic amines) is 1. The van der Waals surface area contributed by atoms with Gasteiger partial charge >= 0.3 is 18.3 Å². The van der Waals surface area contributed by atoms with Gasteiger partial charge in [-0.15, -0.1) is 0 Å². The highest BCUT2D eigenvalue weighted by Gasteiger charge is 2.49. The first-order chi connectivity index (χ1) is 18.6. The van der Waals surface area contributed by atoms with Crippen molar-refractivity contribution >= 4 is 38.7 Å². The summed E-state index contributed by atoms with van der Waals surface area (Å²) in [4.78, 5) is 24.5. The summed E-state index contributed by atoms with van der Waals surface area (Å²) in [5.74, 6) is -1.25. The Kier molecular flexibility index (Phi) is 7.56. The monoisotopic (exact) mass is 635 g/mol. The van der Waals surface area contributed by atoms with Crippen LogP contribution in [0, 0.1) is 5.82 Å². The molecular formula is C26H31BrF5N5O3.